The highest BCUT2D eigenvalue weighted by Gasteiger charge is 2.42. The molecule has 3 heterocycles. The van der Waals surface area contributed by atoms with Gasteiger partial charge in [-0.15, -0.1) is 0 Å². The van der Waals surface area contributed by atoms with Crippen LogP contribution in [0.25, 0.3) is 5.52 Å². The fourth-order valence-electron chi connectivity index (χ4n) is 3.94. The Morgan fingerprint density at radius 1 is 1.00 bits per heavy atom. The van der Waals surface area contributed by atoms with Crippen molar-refractivity contribution >= 4 is 35.2 Å². The van der Waals surface area contributed by atoms with Gasteiger partial charge in [0.25, 0.3) is 0 Å². The van der Waals surface area contributed by atoms with E-state index in [2.05, 4.69) is 10.3 Å². The van der Waals surface area contributed by atoms with Crippen molar-refractivity contribution in [3.05, 3.63) is 35.4 Å². The van der Waals surface area contributed by atoms with Gasteiger partial charge >= 0.3 is 12.2 Å². The molecule has 2 aromatic heterocycles. The van der Waals surface area contributed by atoms with E-state index < -0.39 is 40.9 Å². The zero-order valence-electron chi connectivity index (χ0n) is 22.2. The maximum Gasteiger partial charge on any atom is 0.411 e. The number of halogens is 1. The number of fused-ring (bicyclic) bond motifs is 1. The number of pyridine rings is 1. The number of aromatic nitrogens is 2. The molecule has 10 nitrogen and oxygen atoms in total. The van der Waals surface area contributed by atoms with Crippen LogP contribution in [0.2, 0.25) is 5.02 Å². The van der Waals surface area contributed by atoms with Gasteiger partial charge in [-0.05, 0) is 67.5 Å². The third kappa shape index (κ3) is 6.40. The van der Waals surface area contributed by atoms with Crippen molar-refractivity contribution in [2.45, 2.75) is 78.2 Å². The minimum absolute atomic E-state index is 0.0375. The van der Waals surface area contributed by atoms with Crippen LogP contribution in [0, 0.1) is 0 Å². The molecule has 0 aliphatic carbocycles. The summed E-state index contributed by atoms with van der Waals surface area (Å²) in [7, 11) is 0. The van der Waals surface area contributed by atoms with Gasteiger partial charge in [0.2, 0.25) is 5.91 Å². The van der Waals surface area contributed by atoms with Crippen LogP contribution in [0.4, 0.5) is 9.59 Å². The molecule has 11 heteroatoms. The summed E-state index contributed by atoms with van der Waals surface area (Å²) in [6.07, 6.45) is 2.29. The molecule has 198 valence electrons. The molecule has 36 heavy (non-hydrogen) atoms. The standard InChI is InChI=1S/C25H36ClN5O5/c1-23(2,3)35-21(33)29-12-13-31(22(34)36-24(4,5)6)18(15-29)19(32)28-25(7,8)20-27-14-17-16(26)10-9-11-30(17)20/h9-11,14,18H,12-13,15H2,1-8H3,(H,28,32)/t18-/m0/s1. The van der Waals surface area contributed by atoms with Gasteiger partial charge in [-0.1, -0.05) is 11.6 Å². The van der Waals surface area contributed by atoms with Gasteiger partial charge in [0.05, 0.1) is 28.8 Å². The Labute approximate surface area is 216 Å². The number of imidazole rings is 1. The van der Waals surface area contributed by atoms with Crippen LogP contribution in [0.3, 0.4) is 0 Å². The van der Waals surface area contributed by atoms with Crippen LogP contribution in [-0.4, -0.2) is 74.2 Å². The van der Waals surface area contributed by atoms with Gasteiger partial charge in [-0.2, -0.15) is 0 Å². The third-order valence-corrected chi connectivity index (χ3v) is 5.80. The predicted octanol–water partition coefficient (Wildman–Crippen LogP) is 4.20. The summed E-state index contributed by atoms with van der Waals surface area (Å²) in [6, 6.07) is 2.57. The highest BCUT2D eigenvalue weighted by molar-refractivity contribution is 6.33. The molecule has 3 rings (SSSR count). The maximum absolute atomic E-state index is 13.6. The summed E-state index contributed by atoms with van der Waals surface area (Å²) in [5.41, 5.74) is -1.65. The second kappa shape index (κ2) is 9.80. The number of rotatable bonds is 3. The molecule has 0 unspecified atom stereocenters. The monoisotopic (exact) mass is 521 g/mol. The molecule has 1 aliphatic rings. The second-order valence-electron chi connectivity index (χ2n) is 11.4. The van der Waals surface area contributed by atoms with Gasteiger partial charge in [0.1, 0.15) is 23.1 Å². The van der Waals surface area contributed by atoms with Crippen molar-refractivity contribution in [2.75, 3.05) is 19.6 Å². The van der Waals surface area contributed by atoms with Gasteiger partial charge in [0.15, 0.2) is 0 Å². The lowest BCUT2D eigenvalue weighted by Crippen LogP contribution is -2.63. The van der Waals surface area contributed by atoms with Crippen LogP contribution < -0.4 is 5.32 Å². The number of amides is 3. The Hall–Kier alpha value is -3.01. The van der Waals surface area contributed by atoms with Crippen LogP contribution in [0.1, 0.15) is 61.2 Å². The number of carbonyl (C=O) groups is 3. The van der Waals surface area contributed by atoms with E-state index in [9.17, 15) is 14.4 Å². The molecule has 2 aromatic rings. The molecule has 0 saturated carbocycles. The summed E-state index contributed by atoms with van der Waals surface area (Å²) >= 11 is 6.29. The van der Waals surface area contributed by atoms with Crippen molar-refractivity contribution in [1.29, 1.82) is 0 Å². The first-order valence-corrected chi connectivity index (χ1v) is 12.3. The Balaban J connectivity index is 1.88. The molecule has 0 spiro atoms. The zero-order chi connectivity index (χ0) is 27.1. The Morgan fingerprint density at radius 2 is 1.61 bits per heavy atom. The molecule has 1 N–H and O–H groups in total. The molecule has 1 atom stereocenters. The fraction of sp³-hybridized carbons (Fsp3) is 0.600. The number of hydrogen-bond acceptors (Lipinski definition) is 6. The first kappa shape index (κ1) is 27.6. The normalized spacial score (nSPS) is 17.2. The lowest BCUT2D eigenvalue weighted by atomic mass is 10.0. The Kier molecular flexibility index (Phi) is 7.51. The molecule has 0 bridgehead atoms. The summed E-state index contributed by atoms with van der Waals surface area (Å²) < 4.78 is 12.9. The number of hydrogen-bond donors (Lipinski definition) is 1. The number of carbonyl (C=O) groups excluding carboxylic acids is 3. The minimum atomic E-state index is -0.991. The highest BCUT2D eigenvalue weighted by Crippen LogP contribution is 2.26. The average molecular weight is 522 g/mol. The lowest BCUT2D eigenvalue weighted by Gasteiger charge is -2.41. The van der Waals surface area contributed by atoms with Crippen molar-refractivity contribution in [1.82, 2.24) is 24.5 Å². The van der Waals surface area contributed by atoms with Gasteiger partial charge in [0, 0.05) is 19.3 Å². The Morgan fingerprint density at radius 3 is 2.22 bits per heavy atom. The van der Waals surface area contributed by atoms with Crippen molar-refractivity contribution in [3.63, 3.8) is 0 Å². The van der Waals surface area contributed by atoms with Gasteiger partial charge < -0.3 is 24.1 Å². The fourth-order valence-corrected chi connectivity index (χ4v) is 4.15. The van der Waals surface area contributed by atoms with Crippen molar-refractivity contribution < 1.29 is 23.9 Å². The van der Waals surface area contributed by atoms with Gasteiger partial charge in [-0.25, -0.2) is 14.6 Å². The molecule has 1 aliphatic heterocycles. The number of nitrogens with one attached hydrogen (secondary N) is 1. The molecule has 0 aromatic carbocycles. The summed E-state index contributed by atoms with van der Waals surface area (Å²) in [5, 5.41) is 3.54. The molecule has 1 fully saturated rings. The smallest absolute Gasteiger partial charge is 0.411 e. The second-order valence-corrected chi connectivity index (χ2v) is 11.8. The van der Waals surface area contributed by atoms with E-state index in [0.29, 0.717) is 16.4 Å². The molecule has 1 saturated heterocycles. The van der Waals surface area contributed by atoms with E-state index in [4.69, 9.17) is 21.1 Å². The van der Waals surface area contributed by atoms with Crippen LogP contribution >= 0.6 is 11.6 Å². The topological polar surface area (TPSA) is 105 Å². The molecule has 0 radical (unpaired) electrons. The van der Waals surface area contributed by atoms with E-state index in [-0.39, 0.29) is 19.6 Å². The number of piperazine rings is 1. The first-order chi connectivity index (χ1) is 16.5. The van der Waals surface area contributed by atoms with Crippen LogP contribution in [-0.2, 0) is 19.8 Å². The maximum atomic E-state index is 13.6. The molecular weight excluding hydrogens is 486 g/mol. The first-order valence-electron chi connectivity index (χ1n) is 11.9. The van der Waals surface area contributed by atoms with Crippen LogP contribution in [0.15, 0.2) is 24.5 Å². The zero-order valence-corrected chi connectivity index (χ0v) is 23.0. The lowest BCUT2D eigenvalue weighted by molar-refractivity contribution is -0.130. The van der Waals surface area contributed by atoms with E-state index in [1.165, 1.54) is 9.80 Å². The van der Waals surface area contributed by atoms with E-state index >= 15 is 0 Å². The SMILES string of the molecule is CC(C)(C)OC(=O)N1CCN(C(=O)OC(C)(C)C)[C@H](C(=O)NC(C)(C)c2ncc3c(Cl)cccn23)C1. The predicted molar refractivity (Wildman–Crippen MR) is 136 cm³/mol. The van der Waals surface area contributed by atoms with E-state index in [1.54, 1.807) is 59.9 Å². The quantitative estimate of drug-likeness (QED) is 0.649. The number of nitrogens with zero attached hydrogens (tertiary/aromatic N) is 4. The van der Waals surface area contributed by atoms with Crippen molar-refractivity contribution in [2.24, 2.45) is 0 Å². The minimum Gasteiger partial charge on any atom is -0.444 e. The summed E-state index contributed by atoms with van der Waals surface area (Å²) in [4.78, 5) is 46.7. The van der Waals surface area contributed by atoms with Gasteiger partial charge in [-0.3, -0.25) is 9.69 Å². The van der Waals surface area contributed by atoms with Crippen LogP contribution in [0.5, 0.6) is 0 Å². The largest absolute Gasteiger partial charge is 0.444 e. The highest BCUT2D eigenvalue weighted by atomic mass is 35.5. The van der Waals surface area contributed by atoms with E-state index in [1.807, 2.05) is 24.4 Å². The average Bonchev–Trinajstić information content (AvgIpc) is 3.17. The summed E-state index contributed by atoms with van der Waals surface area (Å²) in [6.45, 7) is 14.5. The number of ether oxygens (including phenoxy) is 2. The van der Waals surface area contributed by atoms with Crippen molar-refractivity contribution in [3.8, 4) is 0 Å². The van der Waals surface area contributed by atoms with E-state index in [0.717, 1.165) is 0 Å². The third-order valence-electron chi connectivity index (χ3n) is 5.48. The summed E-state index contributed by atoms with van der Waals surface area (Å²) in [5.74, 6) is 0.120. The Bertz CT molecular complexity index is 1150. The molecule has 3 amide bonds. The molecular formula is C25H36ClN5O5.